The molecule has 0 saturated heterocycles. The topological polar surface area (TPSA) is 54.6 Å². The Labute approximate surface area is 132 Å². The van der Waals surface area contributed by atoms with Crippen LogP contribution in [-0.4, -0.2) is 43.7 Å². The number of nitrogens with one attached hydrogen (secondary N) is 1. The fraction of sp³-hybridized carbons (Fsp3) is 0.500. The molecule has 22 heavy (non-hydrogen) atoms. The van der Waals surface area contributed by atoms with E-state index >= 15 is 0 Å². The normalized spacial score (nSPS) is 12.4. The molecule has 0 aliphatic carbocycles. The fourth-order valence-corrected chi connectivity index (χ4v) is 4.01. The first kappa shape index (κ1) is 17.2. The minimum atomic E-state index is -3.23. The van der Waals surface area contributed by atoms with Crippen molar-refractivity contribution in [1.29, 1.82) is 0 Å². The van der Waals surface area contributed by atoms with E-state index in [1.54, 1.807) is 0 Å². The van der Waals surface area contributed by atoms with Gasteiger partial charge in [-0.2, -0.15) is 0 Å². The highest BCUT2D eigenvalue weighted by Crippen LogP contribution is 2.47. The van der Waals surface area contributed by atoms with E-state index in [-0.39, 0.29) is 0 Å². The van der Waals surface area contributed by atoms with Gasteiger partial charge in [0.15, 0.2) is 0 Å². The maximum absolute atomic E-state index is 12.9. The standard InChI is InChI=1S/C16H25N2O3P/c1-5-20-22(19,21-6-2)14-7-8-16-15(11-14)13(12-17-16)9-10-18(3)4/h7-8,11-12,17H,5-6,9-10H2,1-4H3. The van der Waals surface area contributed by atoms with Gasteiger partial charge in [-0.25, -0.2) is 0 Å². The van der Waals surface area contributed by atoms with Crippen LogP contribution in [0, 0.1) is 0 Å². The second-order valence-corrected chi connectivity index (χ2v) is 7.46. The number of fused-ring (bicyclic) bond motifs is 1. The summed E-state index contributed by atoms with van der Waals surface area (Å²) in [6.07, 6.45) is 2.95. The van der Waals surface area contributed by atoms with Crippen molar-refractivity contribution in [2.75, 3.05) is 33.9 Å². The molecule has 0 atom stereocenters. The Morgan fingerprint density at radius 2 is 1.86 bits per heavy atom. The second-order valence-electron chi connectivity index (χ2n) is 5.43. The smallest absolute Gasteiger partial charge is 0.361 e. The molecule has 1 heterocycles. The monoisotopic (exact) mass is 324 g/mol. The molecular formula is C16H25N2O3P. The van der Waals surface area contributed by atoms with Crippen LogP contribution in [0.15, 0.2) is 24.4 Å². The van der Waals surface area contributed by atoms with Gasteiger partial charge in [-0.1, -0.05) is 0 Å². The van der Waals surface area contributed by atoms with Gasteiger partial charge in [0, 0.05) is 23.6 Å². The highest BCUT2D eigenvalue weighted by atomic mass is 31.2. The Balaban J connectivity index is 2.39. The maximum atomic E-state index is 12.9. The molecule has 0 unspecified atom stereocenters. The largest absolute Gasteiger partial charge is 0.361 e. The molecule has 1 aromatic heterocycles. The molecule has 0 spiro atoms. The summed E-state index contributed by atoms with van der Waals surface area (Å²) in [5, 5.41) is 1.70. The summed E-state index contributed by atoms with van der Waals surface area (Å²) in [5.74, 6) is 0. The van der Waals surface area contributed by atoms with Crippen molar-refractivity contribution in [3.63, 3.8) is 0 Å². The maximum Gasteiger partial charge on any atom is 0.361 e. The van der Waals surface area contributed by atoms with E-state index in [0.29, 0.717) is 18.5 Å². The average Bonchev–Trinajstić information content (AvgIpc) is 2.88. The van der Waals surface area contributed by atoms with Crippen LogP contribution < -0.4 is 5.30 Å². The third-order valence-electron chi connectivity index (χ3n) is 3.49. The van der Waals surface area contributed by atoms with Crippen LogP contribution in [0.3, 0.4) is 0 Å². The number of aromatic nitrogens is 1. The summed E-state index contributed by atoms with van der Waals surface area (Å²) in [6.45, 7) is 5.32. The molecule has 0 saturated carbocycles. The van der Waals surface area contributed by atoms with Gasteiger partial charge in [-0.3, -0.25) is 4.57 Å². The first-order chi connectivity index (χ1) is 10.5. The van der Waals surface area contributed by atoms with Gasteiger partial charge in [-0.15, -0.1) is 0 Å². The Morgan fingerprint density at radius 3 is 2.45 bits per heavy atom. The minimum absolute atomic E-state index is 0.357. The molecule has 0 bridgehead atoms. The highest BCUT2D eigenvalue weighted by Gasteiger charge is 2.27. The van der Waals surface area contributed by atoms with E-state index in [9.17, 15) is 4.57 Å². The summed E-state index contributed by atoms with van der Waals surface area (Å²) in [6, 6.07) is 5.69. The lowest BCUT2D eigenvalue weighted by molar-refractivity contribution is 0.230. The zero-order valence-corrected chi connectivity index (χ0v) is 14.7. The Kier molecular flexibility index (Phi) is 5.81. The SMILES string of the molecule is CCOP(=O)(OCC)c1ccc2[nH]cc(CCN(C)C)c2c1. The number of likely N-dealkylation sites (N-methyl/N-ethyl adjacent to an activating group) is 1. The molecule has 0 amide bonds. The highest BCUT2D eigenvalue weighted by molar-refractivity contribution is 7.62. The first-order valence-electron chi connectivity index (χ1n) is 7.64. The Bertz CT molecular complexity index is 656. The molecule has 1 aromatic carbocycles. The van der Waals surface area contributed by atoms with Crippen LogP contribution in [0.2, 0.25) is 0 Å². The van der Waals surface area contributed by atoms with Crippen LogP contribution in [0.5, 0.6) is 0 Å². The van der Waals surface area contributed by atoms with Gasteiger partial charge in [0.25, 0.3) is 0 Å². The van der Waals surface area contributed by atoms with Crippen molar-refractivity contribution < 1.29 is 13.6 Å². The molecule has 2 aromatic rings. The molecule has 0 fully saturated rings. The predicted molar refractivity (Wildman–Crippen MR) is 91.0 cm³/mol. The number of nitrogens with zero attached hydrogens (tertiary/aromatic N) is 1. The number of hydrogen-bond acceptors (Lipinski definition) is 4. The summed E-state index contributed by atoms with van der Waals surface area (Å²) in [7, 11) is 0.875. The van der Waals surface area contributed by atoms with Crippen molar-refractivity contribution in [3.8, 4) is 0 Å². The second kappa shape index (κ2) is 7.42. The van der Waals surface area contributed by atoms with E-state index in [1.807, 2.05) is 38.2 Å². The number of aromatic amines is 1. The molecule has 6 heteroatoms. The molecule has 1 N–H and O–H groups in total. The summed E-state index contributed by atoms with van der Waals surface area (Å²) in [4.78, 5) is 5.41. The van der Waals surface area contributed by atoms with Crippen molar-refractivity contribution in [3.05, 3.63) is 30.0 Å². The van der Waals surface area contributed by atoms with Crippen molar-refractivity contribution in [2.24, 2.45) is 0 Å². The number of H-pyrrole nitrogens is 1. The van der Waals surface area contributed by atoms with Gasteiger partial charge in [-0.05, 0) is 58.1 Å². The fourth-order valence-electron chi connectivity index (χ4n) is 2.41. The van der Waals surface area contributed by atoms with Crippen molar-refractivity contribution in [2.45, 2.75) is 20.3 Å². The number of hydrogen-bond donors (Lipinski definition) is 1. The lowest BCUT2D eigenvalue weighted by Crippen LogP contribution is -2.15. The summed E-state index contributed by atoms with van der Waals surface area (Å²) >= 11 is 0. The summed E-state index contributed by atoms with van der Waals surface area (Å²) in [5.41, 5.74) is 2.25. The molecule has 122 valence electrons. The zero-order chi connectivity index (χ0) is 16.2. The molecule has 0 aliphatic rings. The van der Waals surface area contributed by atoms with Crippen LogP contribution in [0.4, 0.5) is 0 Å². The van der Waals surface area contributed by atoms with Crippen LogP contribution in [0.25, 0.3) is 10.9 Å². The lowest BCUT2D eigenvalue weighted by atomic mass is 10.1. The third-order valence-corrected chi connectivity index (χ3v) is 5.60. The minimum Gasteiger partial charge on any atom is -0.361 e. The van der Waals surface area contributed by atoms with Crippen molar-refractivity contribution in [1.82, 2.24) is 9.88 Å². The van der Waals surface area contributed by atoms with Crippen LogP contribution in [0.1, 0.15) is 19.4 Å². The van der Waals surface area contributed by atoms with Gasteiger partial charge < -0.3 is 18.9 Å². The van der Waals surface area contributed by atoms with E-state index in [2.05, 4.69) is 24.0 Å². The van der Waals surface area contributed by atoms with E-state index in [0.717, 1.165) is 23.9 Å². The average molecular weight is 324 g/mol. The first-order valence-corrected chi connectivity index (χ1v) is 9.19. The van der Waals surface area contributed by atoms with Gasteiger partial charge in [0.2, 0.25) is 0 Å². The van der Waals surface area contributed by atoms with E-state index < -0.39 is 7.60 Å². The van der Waals surface area contributed by atoms with Gasteiger partial charge in [0.05, 0.1) is 18.5 Å². The number of rotatable bonds is 8. The number of benzene rings is 1. The molecular weight excluding hydrogens is 299 g/mol. The molecule has 5 nitrogen and oxygen atoms in total. The lowest BCUT2D eigenvalue weighted by Gasteiger charge is -2.17. The zero-order valence-electron chi connectivity index (χ0n) is 13.8. The third kappa shape index (κ3) is 3.79. The van der Waals surface area contributed by atoms with Gasteiger partial charge >= 0.3 is 7.60 Å². The van der Waals surface area contributed by atoms with Crippen LogP contribution in [-0.2, 0) is 20.0 Å². The Hall–Kier alpha value is -1.13. The molecule has 0 radical (unpaired) electrons. The quantitative estimate of drug-likeness (QED) is 0.758. The van der Waals surface area contributed by atoms with Crippen LogP contribution >= 0.6 is 7.60 Å². The van der Waals surface area contributed by atoms with Crippen molar-refractivity contribution >= 4 is 23.8 Å². The Morgan fingerprint density at radius 1 is 1.18 bits per heavy atom. The van der Waals surface area contributed by atoms with E-state index in [4.69, 9.17) is 9.05 Å². The predicted octanol–water partition coefficient (Wildman–Crippen LogP) is 3.16. The van der Waals surface area contributed by atoms with E-state index in [1.165, 1.54) is 5.56 Å². The van der Waals surface area contributed by atoms with Gasteiger partial charge in [0.1, 0.15) is 0 Å². The summed E-state index contributed by atoms with van der Waals surface area (Å²) < 4.78 is 23.8. The molecule has 2 rings (SSSR count). The molecule has 0 aliphatic heterocycles.